The third kappa shape index (κ3) is 3.46. The van der Waals surface area contributed by atoms with Crippen molar-refractivity contribution in [1.29, 1.82) is 0 Å². The number of hydrogen-bond donors (Lipinski definition) is 0. The largest absolute Gasteiger partial charge is 0.482 e. The second kappa shape index (κ2) is 7.72. The molecule has 4 fully saturated rings. The van der Waals surface area contributed by atoms with E-state index in [1.165, 1.54) is 37.7 Å². The van der Waals surface area contributed by atoms with Crippen molar-refractivity contribution in [3.05, 3.63) is 29.8 Å². The van der Waals surface area contributed by atoms with Crippen molar-refractivity contribution in [2.24, 2.45) is 29.6 Å². The number of benzene rings is 1. The van der Waals surface area contributed by atoms with E-state index in [-0.39, 0.29) is 18.2 Å². The van der Waals surface area contributed by atoms with Crippen LogP contribution in [-0.4, -0.2) is 18.2 Å². The normalized spacial score (nSPS) is 34.5. The minimum atomic E-state index is -0.270. The Labute approximate surface area is 170 Å². The molecule has 0 saturated heterocycles. The van der Waals surface area contributed by atoms with E-state index in [4.69, 9.17) is 9.47 Å². The summed E-state index contributed by atoms with van der Waals surface area (Å²) >= 11 is 0. The van der Waals surface area contributed by atoms with Gasteiger partial charge >= 0.3 is 5.97 Å². The molecule has 5 rings (SSSR count). The highest BCUT2D eigenvalue weighted by Crippen LogP contribution is 2.61. The molecule has 4 bridgehead atoms. The molecule has 0 aliphatic heterocycles. The maximum Gasteiger partial charge on any atom is 0.344 e. The molecule has 0 N–H and O–H groups in total. The van der Waals surface area contributed by atoms with E-state index in [1.807, 2.05) is 12.1 Å². The fourth-order valence-electron chi connectivity index (χ4n) is 6.65. The zero-order chi connectivity index (χ0) is 19.9. The topological polar surface area (TPSA) is 35.5 Å². The van der Waals surface area contributed by atoms with Gasteiger partial charge in [0.1, 0.15) is 11.4 Å². The fourth-order valence-corrected chi connectivity index (χ4v) is 6.65. The van der Waals surface area contributed by atoms with Crippen LogP contribution in [-0.2, 0) is 9.53 Å². The van der Waals surface area contributed by atoms with Gasteiger partial charge in [0, 0.05) is 0 Å². The Kier molecular flexibility index (Phi) is 5.46. The van der Waals surface area contributed by atoms with Crippen LogP contribution in [0.5, 0.6) is 5.75 Å². The molecule has 1 atom stereocenters. The smallest absolute Gasteiger partial charge is 0.344 e. The van der Waals surface area contributed by atoms with E-state index in [9.17, 15) is 4.79 Å². The zero-order valence-electron chi connectivity index (χ0n) is 17.9. The molecule has 1 aromatic carbocycles. The second-order valence-corrected chi connectivity index (χ2v) is 9.95. The summed E-state index contributed by atoms with van der Waals surface area (Å²) in [5.41, 5.74) is 1.04. The summed E-state index contributed by atoms with van der Waals surface area (Å²) in [6.45, 7) is 8.90. The molecule has 1 aromatic rings. The molecule has 28 heavy (non-hydrogen) atoms. The number of carbonyl (C=O) groups excluding carboxylic acids is 1. The van der Waals surface area contributed by atoms with Crippen molar-refractivity contribution in [3.63, 3.8) is 0 Å². The van der Waals surface area contributed by atoms with Gasteiger partial charge in [0.25, 0.3) is 0 Å². The monoisotopic (exact) mass is 384 g/mol. The molecule has 0 radical (unpaired) electrons. The molecule has 3 heteroatoms. The summed E-state index contributed by atoms with van der Waals surface area (Å²) < 4.78 is 12.1. The first-order chi connectivity index (χ1) is 13.4. The summed E-state index contributed by atoms with van der Waals surface area (Å²) in [6, 6.07) is 8.14. The van der Waals surface area contributed by atoms with Crippen LogP contribution < -0.4 is 4.74 Å². The molecule has 154 valence electrons. The van der Waals surface area contributed by atoms with Gasteiger partial charge in [-0.3, -0.25) is 0 Å². The third-order valence-corrected chi connectivity index (χ3v) is 8.03. The van der Waals surface area contributed by atoms with E-state index in [2.05, 4.69) is 39.8 Å². The lowest BCUT2D eigenvalue weighted by Crippen LogP contribution is -2.62. The lowest BCUT2D eigenvalue weighted by atomic mass is 9.47. The molecule has 1 unspecified atom stereocenters. The maximum absolute atomic E-state index is 12.8. The lowest BCUT2D eigenvalue weighted by molar-refractivity contribution is -0.226. The average molecular weight is 385 g/mol. The molecule has 0 spiro atoms. The molecular formula is C25H36O3. The van der Waals surface area contributed by atoms with Crippen molar-refractivity contribution in [2.45, 2.75) is 77.7 Å². The van der Waals surface area contributed by atoms with Gasteiger partial charge < -0.3 is 9.47 Å². The number of carbonyl (C=O) groups is 1. The van der Waals surface area contributed by atoms with Crippen LogP contribution in [0.4, 0.5) is 0 Å². The number of esters is 1. The Hall–Kier alpha value is -1.51. The van der Waals surface area contributed by atoms with Crippen molar-refractivity contribution in [1.82, 2.24) is 0 Å². The maximum atomic E-state index is 12.8. The summed E-state index contributed by atoms with van der Waals surface area (Å²) in [5.74, 6) is 4.27. The van der Waals surface area contributed by atoms with Gasteiger partial charge in [-0.25, -0.2) is 4.79 Å². The zero-order valence-corrected chi connectivity index (χ0v) is 17.9. The first-order valence-corrected chi connectivity index (χ1v) is 11.4. The van der Waals surface area contributed by atoms with Gasteiger partial charge in [-0.2, -0.15) is 0 Å². The lowest BCUT2D eigenvalue weighted by Gasteiger charge is -2.61. The molecule has 3 nitrogen and oxygen atoms in total. The van der Waals surface area contributed by atoms with E-state index in [0.717, 1.165) is 24.0 Å². The minimum absolute atomic E-state index is 0.00342. The quantitative estimate of drug-likeness (QED) is 0.543. The highest BCUT2D eigenvalue weighted by molar-refractivity contribution is 5.72. The van der Waals surface area contributed by atoms with Crippen LogP contribution in [0.25, 0.3) is 0 Å². The molecule has 4 saturated carbocycles. The summed E-state index contributed by atoms with van der Waals surface area (Å²) in [5, 5.41) is 0. The first-order valence-electron chi connectivity index (χ1n) is 11.4. The second-order valence-electron chi connectivity index (χ2n) is 9.95. The minimum Gasteiger partial charge on any atom is -0.482 e. The molecule has 0 heterocycles. The van der Waals surface area contributed by atoms with Gasteiger partial charge in [-0.05, 0) is 91.7 Å². The van der Waals surface area contributed by atoms with E-state index in [1.54, 1.807) is 0 Å². The van der Waals surface area contributed by atoms with Crippen LogP contribution in [0.2, 0.25) is 0 Å². The highest BCUT2D eigenvalue weighted by Gasteiger charge is 2.60. The Morgan fingerprint density at radius 2 is 1.57 bits per heavy atom. The van der Waals surface area contributed by atoms with E-state index < -0.39 is 0 Å². The SMILES string of the molecule is CCC(C)c1ccc(OCC(=O)OC2(C(C)C)C3CC4CC(C3)CC2C4)cc1. The summed E-state index contributed by atoms with van der Waals surface area (Å²) in [7, 11) is 0. The number of rotatable bonds is 7. The number of ether oxygens (including phenoxy) is 2. The molecule has 4 aliphatic carbocycles. The van der Waals surface area contributed by atoms with Gasteiger partial charge in [0.2, 0.25) is 0 Å². The van der Waals surface area contributed by atoms with Crippen LogP contribution in [0.15, 0.2) is 24.3 Å². The number of hydrogen-bond acceptors (Lipinski definition) is 3. The first kappa shape index (κ1) is 19.8. The Balaban J connectivity index is 1.39. The standard InChI is InChI=1S/C25H36O3/c1-5-17(4)20-6-8-23(9-7-20)27-15-24(26)28-25(16(2)3)21-11-18-10-19(13-21)14-22(25)12-18/h6-9,16-19,21-22H,5,10-15H2,1-4H3. The van der Waals surface area contributed by atoms with Crippen LogP contribution >= 0.6 is 0 Å². The Morgan fingerprint density at radius 3 is 2.07 bits per heavy atom. The van der Waals surface area contributed by atoms with Crippen molar-refractivity contribution in [2.75, 3.05) is 6.61 Å². The Bertz CT molecular complexity index is 662. The van der Waals surface area contributed by atoms with Crippen molar-refractivity contribution in [3.8, 4) is 5.75 Å². The summed E-state index contributed by atoms with van der Waals surface area (Å²) in [6.07, 6.45) is 7.51. The average Bonchev–Trinajstić information content (AvgIpc) is 2.68. The van der Waals surface area contributed by atoms with Gasteiger partial charge in [-0.15, -0.1) is 0 Å². The fraction of sp³-hybridized carbons (Fsp3) is 0.720. The van der Waals surface area contributed by atoms with Crippen LogP contribution in [0.3, 0.4) is 0 Å². The molecular weight excluding hydrogens is 348 g/mol. The predicted octanol–water partition coefficient (Wildman–Crippen LogP) is 5.97. The molecule has 0 aromatic heterocycles. The van der Waals surface area contributed by atoms with Crippen molar-refractivity contribution < 1.29 is 14.3 Å². The van der Waals surface area contributed by atoms with Gasteiger partial charge in [0.15, 0.2) is 6.61 Å². The summed E-state index contributed by atoms with van der Waals surface area (Å²) in [4.78, 5) is 12.8. The Morgan fingerprint density at radius 1 is 1.00 bits per heavy atom. The molecule has 0 amide bonds. The van der Waals surface area contributed by atoms with Gasteiger partial charge in [-0.1, -0.05) is 39.8 Å². The van der Waals surface area contributed by atoms with E-state index in [0.29, 0.717) is 23.7 Å². The van der Waals surface area contributed by atoms with Crippen LogP contribution in [0, 0.1) is 29.6 Å². The molecule has 4 aliphatic rings. The van der Waals surface area contributed by atoms with E-state index >= 15 is 0 Å². The highest BCUT2D eigenvalue weighted by atomic mass is 16.6. The van der Waals surface area contributed by atoms with Crippen molar-refractivity contribution >= 4 is 5.97 Å². The predicted molar refractivity (Wildman–Crippen MR) is 111 cm³/mol. The third-order valence-electron chi connectivity index (χ3n) is 8.03. The van der Waals surface area contributed by atoms with Gasteiger partial charge in [0.05, 0.1) is 0 Å². The van der Waals surface area contributed by atoms with Crippen LogP contribution in [0.1, 0.15) is 77.7 Å².